The van der Waals surface area contributed by atoms with Gasteiger partial charge in [0.1, 0.15) is 0 Å². The molecule has 3 aromatic rings. The van der Waals surface area contributed by atoms with Crippen molar-refractivity contribution in [1.82, 2.24) is 5.43 Å². The predicted molar refractivity (Wildman–Crippen MR) is 114 cm³/mol. The zero-order valence-corrected chi connectivity index (χ0v) is 17.5. The number of nitrogens with one attached hydrogen (secondary N) is 1. The molecule has 7 nitrogen and oxygen atoms in total. The van der Waals surface area contributed by atoms with Gasteiger partial charge in [-0.3, -0.25) is 4.79 Å². The molecule has 1 heterocycles. The fourth-order valence-corrected chi connectivity index (χ4v) is 4.85. The molecule has 0 unspecified atom stereocenters. The van der Waals surface area contributed by atoms with Crippen LogP contribution in [0.15, 0.2) is 57.8 Å². The molecule has 0 aliphatic carbocycles. The zero-order valence-electron chi connectivity index (χ0n) is 15.9. The van der Waals surface area contributed by atoms with Crippen molar-refractivity contribution in [1.29, 1.82) is 0 Å². The molecule has 0 fully saturated rings. The number of carbonyl (C=O) groups excluding carboxylic acids is 1. The highest BCUT2D eigenvalue weighted by Crippen LogP contribution is 2.30. The second-order valence-corrected chi connectivity index (χ2v) is 9.09. The number of methoxy groups -OCH3 is 2. The number of amides is 1. The highest BCUT2D eigenvalue weighted by Gasteiger charge is 2.18. The first-order chi connectivity index (χ1) is 13.9. The normalized spacial score (nSPS) is 11.7. The van der Waals surface area contributed by atoms with Gasteiger partial charge in [-0.25, -0.2) is 13.8 Å². The molecule has 1 amide bonds. The van der Waals surface area contributed by atoms with Crippen molar-refractivity contribution >= 4 is 43.4 Å². The molecule has 0 aliphatic rings. The van der Waals surface area contributed by atoms with E-state index in [1.165, 1.54) is 32.4 Å². The molecule has 2 aromatic carbocycles. The summed E-state index contributed by atoms with van der Waals surface area (Å²) in [5.41, 5.74) is 3.27. The van der Waals surface area contributed by atoms with Crippen LogP contribution in [0, 0.1) is 0 Å². The first kappa shape index (κ1) is 20.8. The summed E-state index contributed by atoms with van der Waals surface area (Å²) in [5, 5.41) is 6.93. The average Bonchev–Trinajstić information content (AvgIpc) is 3.15. The smallest absolute Gasteiger partial charge is 0.241 e. The first-order valence-corrected chi connectivity index (χ1v) is 11.2. The van der Waals surface area contributed by atoms with Crippen molar-refractivity contribution in [2.45, 2.75) is 11.3 Å². The summed E-state index contributed by atoms with van der Waals surface area (Å²) in [5.74, 6) is -0.0828. The topological polar surface area (TPSA) is 94.1 Å². The number of thiophene rings is 1. The molecule has 0 aliphatic heterocycles. The van der Waals surface area contributed by atoms with Crippen molar-refractivity contribution in [3.05, 3.63) is 53.4 Å². The number of rotatable bonds is 8. The summed E-state index contributed by atoms with van der Waals surface area (Å²) in [6, 6.07) is 12.2. The van der Waals surface area contributed by atoms with Crippen LogP contribution < -0.4 is 14.9 Å². The minimum atomic E-state index is -3.66. The van der Waals surface area contributed by atoms with E-state index >= 15 is 0 Å². The molecule has 0 atom stereocenters. The number of fused-ring (bicyclic) bond motifs is 1. The lowest BCUT2D eigenvalue weighted by atomic mass is 10.2. The van der Waals surface area contributed by atoms with Gasteiger partial charge in [-0.1, -0.05) is 18.2 Å². The molecular formula is C20H20N2O5S2. The zero-order chi connectivity index (χ0) is 20.9. The standard InChI is InChI=1S/C20H20N2O5S2/c1-26-17-8-7-15(11-18(17)27-2)29(24,25)10-9-20(23)22-21-12-14-13-28-19-6-4-3-5-16(14)19/h3-8,11-13H,9-10H2,1-2H3,(H,22,23)/b21-12+. The summed E-state index contributed by atoms with van der Waals surface area (Å²) >= 11 is 1.59. The second kappa shape index (κ2) is 9.06. The number of hydrazone groups is 1. The van der Waals surface area contributed by atoms with Crippen molar-refractivity contribution in [2.75, 3.05) is 20.0 Å². The lowest BCUT2D eigenvalue weighted by Crippen LogP contribution is -2.21. The Kier molecular flexibility index (Phi) is 6.50. The molecule has 1 N–H and O–H groups in total. The van der Waals surface area contributed by atoms with Crippen LogP contribution in [0.4, 0.5) is 0 Å². The van der Waals surface area contributed by atoms with Gasteiger partial charge in [0.15, 0.2) is 21.3 Å². The van der Waals surface area contributed by atoms with E-state index in [0.29, 0.717) is 11.5 Å². The summed E-state index contributed by atoms with van der Waals surface area (Å²) in [6.07, 6.45) is 1.35. The van der Waals surface area contributed by atoms with Gasteiger partial charge >= 0.3 is 0 Å². The van der Waals surface area contributed by atoms with Crippen LogP contribution in [0.1, 0.15) is 12.0 Å². The van der Waals surface area contributed by atoms with Crippen molar-refractivity contribution in [3.63, 3.8) is 0 Å². The number of carbonyl (C=O) groups is 1. The van der Waals surface area contributed by atoms with E-state index in [1.807, 2.05) is 29.6 Å². The van der Waals surface area contributed by atoms with E-state index in [9.17, 15) is 13.2 Å². The van der Waals surface area contributed by atoms with Gasteiger partial charge in [0, 0.05) is 33.5 Å². The molecule has 0 saturated carbocycles. The largest absolute Gasteiger partial charge is 0.493 e. The van der Waals surface area contributed by atoms with Gasteiger partial charge in [0.2, 0.25) is 5.91 Å². The maximum absolute atomic E-state index is 12.5. The Morgan fingerprint density at radius 3 is 2.66 bits per heavy atom. The van der Waals surface area contributed by atoms with E-state index in [1.54, 1.807) is 17.6 Å². The fourth-order valence-electron chi connectivity index (χ4n) is 2.68. The minimum Gasteiger partial charge on any atom is -0.493 e. The van der Waals surface area contributed by atoms with Gasteiger partial charge < -0.3 is 9.47 Å². The maximum Gasteiger partial charge on any atom is 0.241 e. The van der Waals surface area contributed by atoms with Crippen LogP contribution in [-0.2, 0) is 14.6 Å². The predicted octanol–water partition coefficient (Wildman–Crippen LogP) is 3.23. The van der Waals surface area contributed by atoms with Crippen molar-refractivity contribution in [3.8, 4) is 11.5 Å². The third-order valence-corrected chi connectivity index (χ3v) is 6.91. The SMILES string of the molecule is COc1ccc(S(=O)(=O)CCC(=O)N/N=C/c2csc3ccccc23)cc1OC. The Labute approximate surface area is 172 Å². The maximum atomic E-state index is 12.5. The van der Waals surface area contributed by atoms with E-state index in [4.69, 9.17) is 9.47 Å². The Morgan fingerprint density at radius 1 is 1.14 bits per heavy atom. The molecule has 0 saturated heterocycles. The Balaban J connectivity index is 1.59. The number of benzene rings is 2. The van der Waals surface area contributed by atoms with Gasteiger partial charge in [0.25, 0.3) is 0 Å². The van der Waals surface area contributed by atoms with Crippen LogP contribution in [-0.4, -0.2) is 40.5 Å². The Bertz CT molecular complexity index is 1150. The van der Waals surface area contributed by atoms with E-state index in [-0.39, 0.29) is 17.1 Å². The van der Waals surface area contributed by atoms with E-state index in [0.717, 1.165) is 15.6 Å². The van der Waals surface area contributed by atoms with Gasteiger partial charge in [-0.15, -0.1) is 11.3 Å². The molecule has 0 bridgehead atoms. The fraction of sp³-hybridized carbons (Fsp3) is 0.200. The molecule has 0 spiro atoms. The average molecular weight is 433 g/mol. The second-order valence-electron chi connectivity index (χ2n) is 6.07. The quantitative estimate of drug-likeness (QED) is 0.436. The monoisotopic (exact) mass is 432 g/mol. The van der Waals surface area contributed by atoms with Crippen LogP contribution in [0.25, 0.3) is 10.1 Å². The lowest BCUT2D eigenvalue weighted by molar-refractivity contribution is -0.120. The molecule has 1 aromatic heterocycles. The van der Waals surface area contributed by atoms with Crippen LogP contribution in [0.2, 0.25) is 0 Å². The number of hydrogen-bond donors (Lipinski definition) is 1. The molecule has 0 radical (unpaired) electrons. The van der Waals surface area contributed by atoms with Gasteiger partial charge in [0.05, 0.1) is 31.1 Å². The van der Waals surface area contributed by atoms with E-state index in [2.05, 4.69) is 10.5 Å². The van der Waals surface area contributed by atoms with Gasteiger partial charge in [-0.2, -0.15) is 5.10 Å². The van der Waals surface area contributed by atoms with Crippen LogP contribution in [0.5, 0.6) is 11.5 Å². The number of sulfone groups is 1. The Hall–Kier alpha value is -2.91. The summed E-state index contributed by atoms with van der Waals surface area (Å²) in [6.45, 7) is 0. The Morgan fingerprint density at radius 2 is 1.90 bits per heavy atom. The van der Waals surface area contributed by atoms with E-state index < -0.39 is 15.7 Å². The van der Waals surface area contributed by atoms with Crippen LogP contribution >= 0.6 is 11.3 Å². The van der Waals surface area contributed by atoms with Crippen molar-refractivity contribution < 1.29 is 22.7 Å². The highest BCUT2D eigenvalue weighted by molar-refractivity contribution is 7.91. The number of hydrogen-bond acceptors (Lipinski definition) is 7. The summed E-state index contributed by atoms with van der Waals surface area (Å²) in [4.78, 5) is 12.1. The highest BCUT2D eigenvalue weighted by atomic mass is 32.2. The summed E-state index contributed by atoms with van der Waals surface area (Å²) in [7, 11) is -0.762. The third kappa shape index (κ3) is 4.93. The molecule has 29 heavy (non-hydrogen) atoms. The molecular weight excluding hydrogens is 412 g/mol. The first-order valence-electron chi connectivity index (χ1n) is 8.67. The summed E-state index contributed by atoms with van der Waals surface area (Å²) < 4.78 is 36.4. The number of nitrogens with zero attached hydrogens (tertiary/aromatic N) is 1. The lowest BCUT2D eigenvalue weighted by Gasteiger charge is -2.10. The van der Waals surface area contributed by atoms with Gasteiger partial charge in [-0.05, 0) is 18.2 Å². The molecule has 3 rings (SSSR count). The van der Waals surface area contributed by atoms with Crippen molar-refractivity contribution in [2.24, 2.45) is 5.10 Å². The molecule has 9 heteroatoms. The molecule has 152 valence electrons. The minimum absolute atomic E-state index is 0.0659. The third-order valence-electron chi connectivity index (χ3n) is 4.22. The number of ether oxygens (including phenoxy) is 2. The van der Waals surface area contributed by atoms with Crippen LogP contribution in [0.3, 0.4) is 0 Å².